The van der Waals surface area contributed by atoms with E-state index < -0.39 is 0 Å². The number of carbonyl (C=O) groups excluding carboxylic acids is 1. The van der Waals surface area contributed by atoms with Gasteiger partial charge < -0.3 is 15.5 Å². The van der Waals surface area contributed by atoms with Gasteiger partial charge in [0.15, 0.2) is 0 Å². The highest BCUT2D eigenvalue weighted by Crippen LogP contribution is 2.26. The van der Waals surface area contributed by atoms with Gasteiger partial charge in [-0.1, -0.05) is 55.0 Å². The molecule has 1 aromatic heterocycles. The number of aryl methyl sites for hydroxylation is 1. The Morgan fingerprint density at radius 3 is 2.60 bits per heavy atom. The molecule has 7 heteroatoms. The molecule has 2 N–H and O–H groups in total. The molecule has 7 nitrogen and oxygen atoms in total. The number of allylic oxidation sites excluding steroid dienone is 6. The van der Waals surface area contributed by atoms with Crippen LogP contribution in [0.3, 0.4) is 0 Å². The van der Waals surface area contributed by atoms with Crippen LogP contribution in [0.1, 0.15) is 46.9 Å². The number of benzene rings is 2. The van der Waals surface area contributed by atoms with E-state index in [1.54, 1.807) is 6.20 Å². The Kier molecular flexibility index (Phi) is 8.84. The zero-order valence-electron chi connectivity index (χ0n) is 23.7. The van der Waals surface area contributed by atoms with E-state index in [-0.39, 0.29) is 5.91 Å². The van der Waals surface area contributed by atoms with Crippen molar-refractivity contribution in [2.75, 3.05) is 43.9 Å². The molecule has 1 aliphatic carbocycles. The monoisotopic (exact) mass is 534 g/mol. The first kappa shape index (κ1) is 27.5. The first-order chi connectivity index (χ1) is 19.5. The minimum Gasteiger partial charge on any atom is -0.324 e. The standard InChI is InChI=1S/C33H38N6O/c1-4-25-7-5-6-8-28(21-25)30-15-16-34-33(36-30)37-31-22-29(14-9-24(31)2)35-32(40)27-12-10-26(11-13-27)23-39-19-17-38(3)18-20-39/h5-6,8-16,21-22H,4,7,17-20,23H2,1-3H3,(H,35,40)(H,34,36,37). The Morgan fingerprint density at radius 1 is 1.02 bits per heavy atom. The average molecular weight is 535 g/mol. The molecule has 206 valence electrons. The molecule has 2 aromatic carbocycles. The largest absolute Gasteiger partial charge is 0.324 e. The molecule has 3 aromatic rings. The highest BCUT2D eigenvalue weighted by molar-refractivity contribution is 6.04. The molecule has 0 radical (unpaired) electrons. The van der Waals surface area contributed by atoms with E-state index >= 15 is 0 Å². The minimum atomic E-state index is -0.133. The van der Waals surface area contributed by atoms with Gasteiger partial charge in [-0.05, 0) is 68.3 Å². The molecule has 0 saturated carbocycles. The molecule has 1 fully saturated rings. The predicted molar refractivity (Wildman–Crippen MR) is 164 cm³/mol. The third kappa shape index (κ3) is 7.11. The number of nitrogens with one attached hydrogen (secondary N) is 2. The smallest absolute Gasteiger partial charge is 0.255 e. The van der Waals surface area contributed by atoms with Crippen LogP contribution in [0, 0.1) is 6.92 Å². The van der Waals surface area contributed by atoms with Gasteiger partial charge in [0.1, 0.15) is 0 Å². The molecule has 1 aliphatic heterocycles. The topological polar surface area (TPSA) is 73.4 Å². The number of carbonyl (C=O) groups is 1. The summed E-state index contributed by atoms with van der Waals surface area (Å²) in [4.78, 5) is 27.0. The van der Waals surface area contributed by atoms with Gasteiger partial charge in [0.05, 0.1) is 5.69 Å². The van der Waals surface area contributed by atoms with Gasteiger partial charge in [-0.15, -0.1) is 0 Å². The van der Waals surface area contributed by atoms with Crippen molar-refractivity contribution < 1.29 is 4.79 Å². The summed E-state index contributed by atoms with van der Waals surface area (Å²) in [6.45, 7) is 9.45. The zero-order valence-corrected chi connectivity index (χ0v) is 23.7. The fraction of sp³-hybridized carbons (Fsp3) is 0.303. The Bertz CT molecular complexity index is 1430. The van der Waals surface area contributed by atoms with Gasteiger partial charge in [-0.3, -0.25) is 9.69 Å². The molecule has 2 heterocycles. The van der Waals surface area contributed by atoms with Crippen LogP contribution in [-0.4, -0.2) is 58.9 Å². The highest BCUT2D eigenvalue weighted by atomic mass is 16.1. The second-order valence-corrected chi connectivity index (χ2v) is 10.6. The van der Waals surface area contributed by atoms with Crippen molar-refractivity contribution in [2.45, 2.75) is 33.2 Å². The molecule has 2 aliphatic rings. The summed E-state index contributed by atoms with van der Waals surface area (Å²) >= 11 is 0. The lowest BCUT2D eigenvalue weighted by atomic mass is 10.1. The lowest BCUT2D eigenvalue weighted by Crippen LogP contribution is -2.43. The SMILES string of the molecule is CCC1=CC(c2ccnc(Nc3cc(NC(=O)c4ccc(CN5CCN(C)CC5)cc4)ccc3C)n2)=CC=CC1. The predicted octanol–water partition coefficient (Wildman–Crippen LogP) is 6.21. The normalized spacial score (nSPS) is 16.2. The van der Waals surface area contributed by atoms with Crippen LogP contribution in [0.25, 0.3) is 5.57 Å². The van der Waals surface area contributed by atoms with Crippen LogP contribution in [0.4, 0.5) is 17.3 Å². The lowest BCUT2D eigenvalue weighted by Gasteiger charge is -2.32. The minimum absolute atomic E-state index is 0.133. The maximum absolute atomic E-state index is 13.0. The number of likely N-dealkylation sites (N-methyl/N-ethyl adjacent to an activating group) is 1. The Labute approximate surface area is 237 Å². The summed E-state index contributed by atoms with van der Waals surface area (Å²) in [7, 11) is 2.16. The van der Waals surface area contributed by atoms with Crippen LogP contribution in [0.5, 0.6) is 0 Å². The first-order valence-electron chi connectivity index (χ1n) is 14.1. The van der Waals surface area contributed by atoms with Gasteiger partial charge in [0.2, 0.25) is 5.95 Å². The maximum atomic E-state index is 13.0. The Balaban J connectivity index is 1.24. The maximum Gasteiger partial charge on any atom is 0.255 e. The summed E-state index contributed by atoms with van der Waals surface area (Å²) in [5, 5.41) is 6.39. The van der Waals surface area contributed by atoms with E-state index in [1.807, 2.05) is 43.3 Å². The number of hydrogen-bond acceptors (Lipinski definition) is 6. The zero-order chi connectivity index (χ0) is 27.9. The van der Waals surface area contributed by atoms with Crippen molar-refractivity contribution in [1.29, 1.82) is 0 Å². The molecule has 0 bridgehead atoms. The van der Waals surface area contributed by atoms with E-state index in [9.17, 15) is 4.79 Å². The fourth-order valence-electron chi connectivity index (χ4n) is 4.89. The van der Waals surface area contributed by atoms with E-state index in [0.29, 0.717) is 17.2 Å². The number of piperazine rings is 1. The number of hydrogen-bond donors (Lipinski definition) is 2. The summed E-state index contributed by atoms with van der Waals surface area (Å²) in [5.74, 6) is 0.381. The van der Waals surface area contributed by atoms with Crippen LogP contribution in [0.2, 0.25) is 0 Å². The molecule has 1 amide bonds. The van der Waals surface area contributed by atoms with Crippen LogP contribution in [-0.2, 0) is 6.54 Å². The second kappa shape index (κ2) is 12.9. The van der Waals surface area contributed by atoms with E-state index in [2.05, 4.69) is 75.8 Å². The molecular formula is C33H38N6O. The van der Waals surface area contributed by atoms with Gasteiger partial charge in [-0.25, -0.2) is 9.97 Å². The summed E-state index contributed by atoms with van der Waals surface area (Å²) < 4.78 is 0. The van der Waals surface area contributed by atoms with Crippen LogP contribution < -0.4 is 10.6 Å². The second-order valence-electron chi connectivity index (χ2n) is 10.6. The van der Waals surface area contributed by atoms with Crippen molar-refractivity contribution >= 4 is 28.8 Å². The lowest BCUT2D eigenvalue weighted by molar-refractivity contribution is 0.102. The molecular weight excluding hydrogens is 496 g/mol. The number of rotatable bonds is 8. The summed E-state index contributed by atoms with van der Waals surface area (Å²) in [5.41, 5.74) is 7.76. The number of anilines is 3. The third-order valence-electron chi connectivity index (χ3n) is 7.52. The Morgan fingerprint density at radius 2 is 1.82 bits per heavy atom. The van der Waals surface area contributed by atoms with Gasteiger partial charge in [0.25, 0.3) is 5.91 Å². The van der Waals surface area contributed by atoms with Crippen molar-refractivity contribution in [2.24, 2.45) is 0 Å². The summed E-state index contributed by atoms with van der Waals surface area (Å²) in [6.07, 6.45) is 12.3. The number of amides is 1. The van der Waals surface area contributed by atoms with Crippen molar-refractivity contribution in [3.05, 3.63) is 107 Å². The van der Waals surface area contributed by atoms with E-state index in [0.717, 1.165) is 68.1 Å². The highest BCUT2D eigenvalue weighted by Gasteiger charge is 2.15. The molecule has 0 unspecified atom stereocenters. The quantitative estimate of drug-likeness (QED) is 0.358. The number of aromatic nitrogens is 2. The molecule has 5 rings (SSSR count). The fourth-order valence-corrected chi connectivity index (χ4v) is 4.89. The molecule has 40 heavy (non-hydrogen) atoms. The first-order valence-corrected chi connectivity index (χ1v) is 14.1. The van der Waals surface area contributed by atoms with Crippen molar-refractivity contribution in [3.63, 3.8) is 0 Å². The molecule has 1 saturated heterocycles. The third-order valence-corrected chi connectivity index (χ3v) is 7.52. The van der Waals surface area contributed by atoms with Crippen molar-refractivity contribution in [3.8, 4) is 0 Å². The van der Waals surface area contributed by atoms with E-state index in [4.69, 9.17) is 4.98 Å². The van der Waals surface area contributed by atoms with Gasteiger partial charge in [0, 0.05) is 61.4 Å². The van der Waals surface area contributed by atoms with Gasteiger partial charge in [-0.2, -0.15) is 0 Å². The number of nitrogens with zero attached hydrogens (tertiary/aromatic N) is 4. The van der Waals surface area contributed by atoms with Gasteiger partial charge >= 0.3 is 0 Å². The van der Waals surface area contributed by atoms with Crippen LogP contribution >= 0.6 is 0 Å². The van der Waals surface area contributed by atoms with Crippen LogP contribution in [0.15, 0.2) is 84.6 Å². The van der Waals surface area contributed by atoms with E-state index in [1.165, 1.54) is 11.1 Å². The molecule has 0 atom stereocenters. The summed E-state index contributed by atoms with van der Waals surface area (Å²) in [6, 6.07) is 15.7. The van der Waals surface area contributed by atoms with Crippen molar-refractivity contribution in [1.82, 2.24) is 19.8 Å². The Hall–Kier alpha value is -4.07. The molecule has 0 spiro atoms. The average Bonchev–Trinajstić information content (AvgIpc) is 3.23.